The molecule has 1 fully saturated rings. The van der Waals surface area contributed by atoms with E-state index in [-0.39, 0.29) is 50.2 Å². The predicted octanol–water partition coefficient (Wildman–Crippen LogP) is 8.93. The van der Waals surface area contributed by atoms with Gasteiger partial charge in [0.2, 0.25) is 0 Å². The van der Waals surface area contributed by atoms with Crippen molar-refractivity contribution < 1.29 is 38.1 Å². The zero-order valence-corrected chi connectivity index (χ0v) is 35.6. The van der Waals surface area contributed by atoms with Gasteiger partial charge in [0.15, 0.2) is 0 Å². The number of esters is 2. The zero-order chi connectivity index (χ0) is 40.2. The molecule has 1 saturated heterocycles. The highest BCUT2D eigenvalue weighted by Gasteiger charge is 2.17. The van der Waals surface area contributed by atoms with Gasteiger partial charge in [-0.3, -0.25) is 9.59 Å². The third kappa shape index (κ3) is 30.2. The van der Waals surface area contributed by atoms with Gasteiger partial charge in [0.1, 0.15) is 12.2 Å². The number of rotatable bonds is 35. The van der Waals surface area contributed by atoms with E-state index >= 15 is 0 Å². The molecule has 0 bridgehead atoms. The highest BCUT2D eigenvalue weighted by Crippen LogP contribution is 2.14. The van der Waals surface area contributed by atoms with Crippen LogP contribution in [0.4, 0.5) is 9.59 Å². The minimum atomic E-state index is -0.414. The van der Waals surface area contributed by atoms with Crippen molar-refractivity contribution in [1.82, 2.24) is 20.4 Å². The van der Waals surface area contributed by atoms with Gasteiger partial charge in [-0.05, 0) is 77.3 Å². The Labute approximate surface area is 335 Å². The molecule has 12 nitrogen and oxygen atoms in total. The standard InChI is InChI=1S/C43H82N4O8/c1-5-9-11-13-15-18-24-38(7-3)54-42(50)44-28-22-36-52-40(48)26-32-47(35-34-46-30-20-17-21-31-46)33-27-41(49)53-37-23-29-45-43(51)55-39(8-4)25-19-16-14-12-10-6-2/h38-39H,5-37H2,1-4H3,(H,44,50)(H,45,51). The number of nitrogens with zero attached hydrogens (tertiary/aromatic N) is 2. The van der Waals surface area contributed by atoms with E-state index in [1.807, 2.05) is 13.8 Å². The zero-order valence-electron chi connectivity index (χ0n) is 35.6. The molecule has 2 amide bonds. The predicted molar refractivity (Wildman–Crippen MR) is 220 cm³/mol. The molecule has 0 saturated carbocycles. The molecule has 0 aromatic heterocycles. The molecule has 0 aliphatic carbocycles. The van der Waals surface area contributed by atoms with E-state index in [1.165, 1.54) is 83.5 Å². The van der Waals surface area contributed by atoms with E-state index in [0.29, 0.717) is 39.0 Å². The Balaban J connectivity index is 2.29. The summed E-state index contributed by atoms with van der Waals surface area (Å²) in [7, 11) is 0. The van der Waals surface area contributed by atoms with Gasteiger partial charge in [-0.2, -0.15) is 0 Å². The summed E-state index contributed by atoms with van der Waals surface area (Å²) in [4.78, 5) is 54.2. The van der Waals surface area contributed by atoms with Crippen LogP contribution in [0.15, 0.2) is 0 Å². The number of hydrogen-bond acceptors (Lipinski definition) is 10. The normalized spacial score (nSPS) is 14.3. The number of piperidine rings is 1. The number of hydrogen-bond donors (Lipinski definition) is 2. The number of carbonyl (C=O) groups is 4. The number of amides is 2. The van der Waals surface area contributed by atoms with Crippen LogP contribution in [0.2, 0.25) is 0 Å². The molecule has 0 aromatic rings. The molecule has 0 aromatic carbocycles. The van der Waals surface area contributed by atoms with E-state index < -0.39 is 12.2 Å². The van der Waals surface area contributed by atoms with Gasteiger partial charge in [0.05, 0.1) is 26.1 Å². The molecule has 0 radical (unpaired) electrons. The topological polar surface area (TPSA) is 136 Å². The average Bonchev–Trinajstić information content (AvgIpc) is 3.19. The van der Waals surface area contributed by atoms with Crippen molar-refractivity contribution in [2.45, 2.75) is 188 Å². The molecule has 12 heteroatoms. The van der Waals surface area contributed by atoms with Crippen LogP contribution in [0.3, 0.4) is 0 Å². The number of carbonyl (C=O) groups excluding carboxylic acids is 4. The van der Waals surface area contributed by atoms with Crippen molar-refractivity contribution in [2.75, 3.05) is 65.6 Å². The van der Waals surface area contributed by atoms with Gasteiger partial charge in [-0.1, -0.05) is 98.3 Å². The van der Waals surface area contributed by atoms with Crippen LogP contribution in [-0.2, 0) is 28.5 Å². The van der Waals surface area contributed by atoms with Crippen LogP contribution >= 0.6 is 0 Å². The Kier molecular flexibility index (Phi) is 32.8. The molecule has 2 N–H and O–H groups in total. The van der Waals surface area contributed by atoms with Gasteiger partial charge in [-0.15, -0.1) is 0 Å². The Hall–Kier alpha value is -2.60. The van der Waals surface area contributed by atoms with Crippen LogP contribution in [-0.4, -0.2) is 112 Å². The monoisotopic (exact) mass is 783 g/mol. The summed E-state index contributed by atoms with van der Waals surface area (Å²) in [6.07, 6.45) is 22.1. The van der Waals surface area contributed by atoms with Crippen molar-refractivity contribution in [1.29, 1.82) is 0 Å². The maximum Gasteiger partial charge on any atom is 0.407 e. The molecule has 2 unspecified atom stereocenters. The summed E-state index contributed by atoms with van der Waals surface area (Å²) < 4.78 is 22.1. The first-order valence-electron chi connectivity index (χ1n) is 22.5. The maximum atomic E-state index is 12.6. The number of nitrogens with one attached hydrogen (secondary N) is 2. The Morgan fingerprint density at radius 3 is 1.44 bits per heavy atom. The first-order valence-corrected chi connectivity index (χ1v) is 22.5. The fourth-order valence-corrected chi connectivity index (χ4v) is 6.73. The second-order valence-electron chi connectivity index (χ2n) is 15.2. The lowest BCUT2D eigenvalue weighted by Gasteiger charge is -2.29. The summed E-state index contributed by atoms with van der Waals surface area (Å²) in [6, 6.07) is 0. The Morgan fingerprint density at radius 2 is 1.00 bits per heavy atom. The van der Waals surface area contributed by atoms with Crippen LogP contribution in [0, 0.1) is 0 Å². The van der Waals surface area contributed by atoms with Crippen LogP contribution < -0.4 is 10.6 Å². The van der Waals surface area contributed by atoms with Crippen LogP contribution in [0.1, 0.15) is 175 Å². The molecule has 1 heterocycles. The van der Waals surface area contributed by atoms with Gasteiger partial charge in [-0.25, -0.2) is 9.59 Å². The summed E-state index contributed by atoms with van der Waals surface area (Å²) in [6.45, 7) is 14.5. The van der Waals surface area contributed by atoms with Crippen molar-refractivity contribution in [2.24, 2.45) is 0 Å². The quantitative estimate of drug-likeness (QED) is 0.0365. The third-order valence-electron chi connectivity index (χ3n) is 10.4. The molecule has 55 heavy (non-hydrogen) atoms. The Morgan fingerprint density at radius 1 is 0.564 bits per heavy atom. The molecule has 2 atom stereocenters. The number of unbranched alkanes of at least 4 members (excludes halogenated alkanes) is 10. The fourth-order valence-electron chi connectivity index (χ4n) is 6.73. The minimum Gasteiger partial charge on any atom is -0.466 e. The lowest BCUT2D eigenvalue weighted by molar-refractivity contribution is -0.144. The minimum absolute atomic E-state index is 0.0681. The molecule has 0 spiro atoms. The van der Waals surface area contributed by atoms with E-state index in [4.69, 9.17) is 18.9 Å². The summed E-state index contributed by atoms with van der Waals surface area (Å²) in [5.74, 6) is -0.589. The van der Waals surface area contributed by atoms with Crippen molar-refractivity contribution >= 4 is 24.1 Å². The molecule has 322 valence electrons. The molecule has 1 rings (SSSR count). The summed E-state index contributed by atoms with van der Waals surface area (Å²) in [5.41, 5.74) is 0. The van der Waals surface area contributed by atoms with E-state index in [9.17, 15) is 19.2 Å². The largest absolute Gasteiger partial charge is 0.466 e. The first-order chi connectivity index (χ1) is 26.8. The SMILES string of the molecule is CCCCCCCCC(CC)OC(=O)NCCCOC(=O)CCN(CCC(=O)OCCCNC(=O)OC(CC)CCCCCCCC)CCN1CCCCC1. The van der Waals surface area contributed by atoms with Crippen LogP contribution in [0.5, 0.6) is 0 Å². The number of alkyl carbamates (subject to hydrolysis) is 2. The summed E-state index contributed by atoms with van der Waals surface area (Å²) in [5, 5.41) is 5.56. The average molecular weight is 783 g/mol. The second kappa shape index (κ2) is 35.8. The third-order valence-corrected chi connectivity index (χ3v) is 10.4. The second-order valence-corrected chi connectivity index (χ2v) is 15.2. The van der Waals surface area contributed by atoms with E-state index in [0.717, 1.165) is 64.7 Å². The highest BCUT2D eigenvalue weighted by atomic mass is 16.6. The van der Waals surface area contributed by atoms with Gasteiger partial charge < -0.3 is 39.4 Å². The number of likely N-dealkylation sites (tertiary alicyclic amines) is 1. The van der Waals surface area contributed by atoms with Gasteiger partial charge in [0, 0.05) is 39.3 Å². The first kappa shape index (κ1) is 50.4. The van der Waals surface area contributed by atoms with E-state index in [1.54, 1.807) is 0 Å². The molecule has 1 aliphatic heterocycles. The molecular weight excluding hydrogens is 700 g/mol. The molecule has 1 aliphatic rings. The number of ether oxygens (including phenoxy) is 4. The lowest BCUT2D eigenvalue weighted by atomic mass is 10.1. The highest BCUT2D eigenvalue weighted by molar-refractivity contribution is 5.70. The maximum absolute atomic E-state index is 12.6. The van der Waals surface area contributed by atoms with Crippen molar-refractivity contribution in [3.63, 3.8) is 0 Å². The van der Waals surface area contributed by atoms with Crippen LogP contribution in [0.25, 0.3) is 0 Å². The Bertz CT molecular complexity index is 901. The fraction of sp³-hybridized carbons (Fsp3) is 0.907. The smallest absolute Gasteiger partial charge is 0.407 e. The molecular formula is C43H82N4O8. The lowest BCUT2D eigenvalue weighted by Crippen LogP contribution is -2.39. The summed E-state index contributed by atoms with van der Waals surface area (Å²) >= 11 is 0. The van der Waals surface area contributed by atoms with Gasteiger partial charge >= 0.3 is 24.1 Å². The van der Waals surface area contributed by atoms with Gasteiger partial charge in [0.25, 0.3) is 0 Å². The van der Waals surface area contributed by atoms with Crippen molar-refractivity contribution in [3.8, 4) is 0 Å². The van der Waals surface area contributed by atoms with E-state index in [2.05, 4.69) is 34.3 Å². The van der Waals surface area contributed by atoms with Crippen molar-refractivity contribution in [3.05, 3.63) is 0 Å².